The molecule has 1 atom stereocenters. The van der Waals surface area contributed by atoms with Crippen LogP contribution in [0.2, 0.25) is 0 Å². The molecule has 26 heavy (non-hydrogen) atoms. The van der Waals surface area contributed by atoms with Crippen molar-refractivity contribution in [3.8, 4) is 11.3 Å². The number of amides is 1. The minimum absolute atomic E-state index is 0.0771. The summed E-state index contributed by atoms with van der Waals surface area (Å²) in [5.41, 5.74) is 4.02. The number of morpholine rings is 1. The van der Waals surface area contributed by atoms with Gasteiger partial charge in [-0.25, -0.2) is 0 Å². The molecule has 1 saturated heterocycles. The summed E-state index contributed by atoms with van der Waals surface area (Å²) in [6, 6.07) is 9.45. The normalized spacial score (nSPS) is 17.3. The molecule has 0 radical (unpaired) electrons. The van der Waals surface area contributed by atoms with Gasteiger partial charge in [-0.3, -0.25) is 19.9 Å². The molecule has 4 rings (SSSR count). The first-order valence-electron chi connectivity index (χ1n) is 8.50. The summed E-state index contributed by atoms with van der Waals surface area (Å²) >= 11 is 0. The van der Waals surface area contributed by atoms with E-state index in [0.29, 0.717) is 31.1 Å². The first-order valence-corrected chi connectivity index (χ1v) is 8.50. The van der Waals surface area contributed by atoms with Gasteiger partial charge in [-0.2, -0.15) is 5.10 Å². The van der Waals surface area contributed by atoms with Crippen LogP contribution in [0.1, 0.15) is 27.8 Å². The number of H-pyrrole nitrogens is 1. The number of aryl methyl sites for hydroxylation is 1. The molecule has 132 valence electrons. The molecule has 0 spiro atoms. The Hall–Kier alpha value is -3.06. The van der Waals surface area contributed by atoms with Crippen LogP contribution in [0.5, 0.6) is 0 Å². The monoisotopic (exact) mass is 349 g/mol. The molecule has 1 aliphatic rings. The fraction of sp³-hybridized carbons (Fsp3) is 0.263. The van der Waals surface area contributed by atoms with Crippen molar-refractivity contribution in [2.24, 2.45) is 0 Å². The summed E-state index contributed by atoms with van der Waals surface area (Å²) in [7, 11) is 0. The Morgan fingerprint density at radius 3 is 3.04 bits per heavy atom. The Kier molecular flexibility index (Phi) is 4.45. The van der Waals surface area contributed by atoms with Crippen molar-refractivity contribution in [1.29, 1.82) is 0 Å². The fourth-order valence-electron chi connectivity index (χ4n) is 3.07. The van der Waals surface area contributed by atoms with Crippen LogP contribution in [0.4, 0.5) is 0 Å². The van der Waals surface area contributed by atoms with Gasteiger partial charge in [-0.05, 0) is 42.8 Å². The van der Waals surface area contributed by atoms with Crippen LogP contribution < -0.4 is 0 Å². The van der Waals surface area contributed by atoms with E-state index in [1.807, 2.05) is 31.2 Å². The molecule has 3 aromatic heterocycles. The van der Waals surface area contributed by atoms with E-state index in [1.165, 1.54) is 0 Å². The molecule has 7 nitrogen and oxygen atoms in total. The van der Waals surface area contributed by atoms with Crippen molar-refractivity contribution >= 4 is 5.91 Å². The van der Waals surface area contributed by atoms with Gasteiger partial charge in [0.15, 0.2) is 0 Å². The molecule has 1 unspecified atom stereocenters. The van der Waals surface area contributed by atoms with Crippen LogP contribution in [0.25, 0.3) is 11.3 Å². The van der Waals surface area contributed by atoms with E-state index in [1.54, 1.807) is 29.6 Å². The van der Waals surface area contributed by atoms with E-state index in [2.05, 4.69) is 20.2 Å². The van der Waals surface area contributed by atoms with E-state index in [-0.39, 0.29) is 12.0 Å². The third-order valence-corrected chi connectivity index (χ3v) is 4.41. The topological polar surface area (TPSA) is 84.0 Å². The van der Waals surface area contributed by atoms with Gasteiger partial charge in [0.25, 0.3) is 5.91 Å². The summed E-state index contributed by atoms with van der Waals surface area (Å²) in [5, 5.41) is 7.08. The van der Waals surface area contributed by atoms with Crippen molar-refractivity contribution in [3.05, 3.63) is 65.9 Å². The number of carbonyl (C=O) groups excluding carboxylic acids is 1. The van der Waals surface area contributed by atoms with Crippen LogP contribution in [-0.2, 0) is 4.74 Å². The van der Waals surface area contributed by atoms with Crippen LogP contribution >= 0.6 is 0 Å². The highest BCUT2D eigenvalue weighted by atomic mass is 16.5. The molecule has 1 N–H and O–H groups in total. The minimum Gasteiger partial charge on any atom is -0.370 e. The van der Waals surface area contributed by atoms with Crippen LogP contribution in [0.15, 0.2) is 48.9 Å². The Labute approximate surface area is 151 Å². The molecular weight excluding hydrogens is 330 g/mol. The number of hydrogen-bond donors (Lipinski definition) is 1. The largest absolute Gasteiger partial charge is 0.370 e. The van der Waals surface area contributed by atoms with Gasteiger partial charge in [0.1, 0.15) is 11.8 Å². The number of carbonyl (C=O) groups is 1. The van der Waals surface area contributed by atoms with Crippen LogP contribution in [-0.4, -0.2) is 50.7 Å². The average Bonchev–Trinajstić information content (AvgIpc) is 3.18. The predicted molar refractivity (Wildman–Crippen MR) is 95.4 cm³/mol. The van der Waals surface area contributed by atoms with E-state index in [9.17, 15) is 4.79 Å². The first-order chi connectivity index (χ1) is 12.7. The maximum absolute atomic E-state index is 12.9. The number of rotatable bonds is 3. The Morgan fingerprint density at radius 1 is 1.31 bits per heavy atom. The molecule has 4 heterocycles. The van der Waals surface area contributed by atoms with Crippen molar-refractivity contribution in [2.45, 2.75) is 13.0 Å². The lowest BCUT2D eigenvalue weighted by Gasteiger charge is -2.33. The molecule has 1 amide bonds. The Bertz CT molecular complexity index is 909. The SMILES string of the molecule is Cc1cc(C2CN(C(=O)c3cc(-c4cccnc4)n[nH]3)CCO2)ccn1. The van der Waals surface area contributed by atoms with E-state index in [4.69, 9.17) is 4.74 Å². The lowest BCUT2D eigenvalue weighted by Crippen LogP contribution is -2.42. The molecule has 0 saturated carbocycles. The molecule has 1 aliphatic heterocycles. The van der Waals surface area contributed by atoms with Gasteiger partial charge < -0.3 is 9.64 Å². The molecule has 7 heteroatoms. The average molecular weight is 349 g/mol. The third kappa shape index (κ3) is 3.34. The zero-order valence-electron chi connectivity index (χ0n) is 14.4. The second kappa shape index (κ2) is 7.05. The van der Waals surface area contributed by atoms with E-state index in [0.717, 1.165) is 16.8 Å². The number of hydrogen-bond acceptors (Lipinski definition) is 5. The predicted octanol–water partition coefficient (Wildman–Crippen LogP) is 2.39. The van der Waals surface area contributed by atoms with Gasteiger partial charge in [0, 0.05) is 36.4 Å². The highest BCUT2D eigenvalue weighted by Gasteiger charge is 2.27. The third-order valence-electron chi connectivity index (χ3n) is 4.41. The number of nitrogens with zero attached hydrogens (tertiary/aromatic N) is 4. The lowest BCUT2D eigenvalue weighted by atomic mass is 10.1. The maximum Gasteiger partial charge on any atom is 0.272 e. The van der Waals surface area contributed by atoms with Crippen molar-refractivity contribution in [1.82, 2.24) is 25.1 Å². The highest BCUT2D eigenvalue weighted by Crippen LogP contribution is 2.24. The zero-order chi connectivity index (χ0) is 17.9. The van der Waals surface area contributed by atoms with E-state index >= 15 is 0 Å². The van der Waals surface area contributed by atoms with Gasteiger partial charge >= 0.3 is 0 Å². The number of aromatic amines is 1. The van der Waals surface area contributed by atoms with Crippen LogP contribution in [0.3, 0.4) is 0 Å². The van der Waals surface area contributed by atoms with E-state index < -0.39 is 0 Å². The van der Waals surface area contributed by atoms with Gasteiger partial charge in [0.2, 0.25) is 0 Å². The van der Waals surface area contributed by atoms with Crippen molar-refractivity contribution in [2.75, 3.05) is 19.7 Å². The number of ether oxygens (including phenoxy) is 1. The van der Waals surface area contributed by atoms with Crippen molar-refractivity contribution in [3.63, 3.8) is 0 Å². The second-order valence-corrected chi connectivity index (χ2v) is 6.25. The quantitative estimate of drug-likeness (QED) is 0.785. The molecule has 0 aromatic carbocycles. The summed E-state index contributed by atoms with van der Waals surface area (Å²) in [4.78, 5) is 23.0. The smallest absolute Gasteiger partial charge is 0.272 e. The zero-order valence-corrected chi connectivity index (χ0v) is 14.4. The summed E-state index contributed by atoms with van der Waals surface area (Å²) in [6.07, 6.45) is 5.05. The molecule has 0 bridgehead atoms. The molecule has 3 aromatic rings. The number of nitrogens with one attached hydrogen (secondary N) is 1. The fourth-order valence-corrected chi connectivity index (χ4v) is 3.07. The first kappa shape index (κ1) is 16.4. The minimum atomic E-state index is -0.143. The second-order valence-electron chi connectivity index (χ2n) is 6.25. The summed E-state index contributed by atoms with van der Waals surface area (Å²) in [6.45, 7) is 3.51. The highest BCUT2D eigenvalue weighted by molar-refractivity contribution is 5.93. The van der Waals surface area contributed by atoms with Gasteiger partial charge in [-0.1, -0.05) is 0 Å². The molecule has 0 aliphatic carbocycles. The summed E-state index contributed by atoms with van der Waals surface area (Å²) in [5.74, 6) is -0.0771. The standard InChI is InChI=1S/C19H19N5O2/c1-13-9-14(4-6-21-13)18-12-24(7-8-26-18)19(25)17-10-16(22-23-17)15-3-2-5-20-11-15/h2-6,9-11,18H,7-8,12H2,1H3,(H,22,23). The molecular formula is C19H19N5O2. The maximum atomic E-state index is 12.9. The Balaban J connectivity index is 1.50. The lowest BCUT2D eigenvalue weighted by molar-refractivity contribution is -0.0230. The van der Waals surface area contributed by atoms with Crippen molar-refractivity contribution < 1.29 is 9.53 Å². The molecule has 1 fully saturated rings. The van der Waals surface area contributed by atoms with Crippen LogP contribution in [0, 0.1) is 6.92 Å². The Morgan fingerprint density at radius 2 is 2.23 bits per heavy atom. The van der Waals surface area contributed by atoms with Gasteiger partial charge in [-0.15, -0.1) is 0 Å². The number of pyridine rings is 2. The number of aromatic nitrogens is 4. The summed E-state index contributed by atoms with van der Waals surface area (Å²) < 4.78 is 5.85. The van der Waals surface area contributed by atoms with Gasteiger partial charge in [0.05, 0.1) is 18.8 Å².